The molecule has 0 radical (unpaired) electrons. The molecule has 0 amide bonds. The Labute approximate surface area is 82.8 Å². The van der Waals surface area contributed by atoms with Crippen LogP contribution in [0.2, 0.25) is 0 Å². The van der Waals surface area contributed by atoms with Crippen LogP contribution in [0.4, 0.5) is 5.69 Å². The lowest BCUT2D eigenvalue weighted by atomic mass is 10.0. The number of carbonyl (C=O) groups is 1. The molecule has 0 saturated carbocycles. The summed E-state index contributed by atoms with van der Waals surface area (Å²) >= 11 is 0. The van der Waals surface area contributed by atoms with Crippen LogP contribution in [0.1, 0.15) is 12.0 Å². The van der Waals surface area contributed by atoms with Crippen LogP contribution in [0.15, 0.2) is 24.3 Å². The average Bonchev–Trinajstić information content (AvgIpc) is 2.39. The van der Waals surface area contributed by atoms with E-state index in [4.69, 9.17) is 5.11 Å². The number of benzene rings is 1. The molecular formula is C11H13NO2. The molecule has 14 heavy (non-hydrogen) atoms. The van der Waals surface area contributed by atoms with Gasteiger partial charge in [0.2, 0.25) is 0 Å². The molecule has 0 bridgehead atoms. The van der Waals surface area contributed by atoms with Crippen LogP contribution in [-0.2, 0) is 11.2 Å². The Hall–Kier alpha value is -1.51. The van der Waals surface area contributed by atoms with Crippen LogP contribution in [0.3, 0.4) is 0 Å². The highest BCUT2D eigenvalue weighted by molar-refractivity contribution is 5.71. The second kappa shape index (κ2) is 3.70. The Balaban J connectivity index is 2.18. The van der Waals surface area contributed by atoms with Gasteiger partial charge in [-0.15, -0.1) is 0 Å². The first-order chi connectivity index (χ1) is 6.77. The van der Waals surface area contributed by atoms with E-state index in [9.17, 15) is 4.79 Å². The van der Waals surface area contributed by atoms with Crippen LogP contribution in [0, 0.1) is 5.92 Å². The first kappa shape index (κ1) is 9.06. The van der Waals surface area contributed by atoms with Crippen LogP contribution in [0.25, 0.3) is 0 Å². The summed E-state index contributed by atoms with van der Waals surface area (Å²) in [6.07, 6.45) is 1.57. The van der Waals surface area contributed by atoms with Crippen molar-refractivity contribution in [3.05, 3.63) is 29.8 Å². The third-order valence-electron chi connectivity index (χ3n) is 2.67. The number of rotatable bonds is 1. The molecule has 0 fully saturated rings. The summed E-state index contributed by atoms with van der Waals surface area (Å²) in [5.74, 6) is -0.965. The maximum absolute atomic E-state index is 10.8. The largest absolute Gasteiger partial charge is 0.481 e. The number of hydrogen-bond acceptors (Lipinski definition) is 2. The van der Waals surface area contributed by atoms with Crippen LogP contribution in [0.5, 0.6) is 0 Å². The highest BCUT2D eigenvalue weighted by Crippen LogP contribution is 2.23. The first-order valence-corrected chi connectivity index (χ1v) is 4.82. The van der Waals surface area contributed by atoms with E-state index in [-0.39, 0.29) is 5.92 Å². The number of hydrogen-bond donors (Lipinski definition) is 2. The third kappa shape index (κ3) is 1.71. The zero-order chi connectivity index (χ0) is 9.97. The summed E-state index contributed by atoms with van der Waals surface area (Å²) in [7, 11) is 0. The van der Waals surface area contributed by atoms with Gasteiger partial charge in [0.1, 0.15) is 0 Å². The van der Waals surface area contributed by atoms with Crippen molar-refractivity contribution in [1.29, 1.82) is 0 Å². The number of carboxylic acid groups (broad SMARTS) is 1. The Bertz CT molecular complexity index is 322. The van der Waals surface area contributed by atoms with Crippen molar-refractivity contribution in [1.82, 2.24) is 0 Å². The molecule has 0 aromatic heterocycles. The van der Waals surface area contributed by atoms with E-state index in [2.05, 4.69) is 5.32 Å². The molecule has 1 heterocycles. The number of anilines is 1. The summed E-state index contributed by atoms with van der Waals surface area (Å²) in [4.78, 5) is 10.8. The van der Waals surface area contributed by atoms with Crippen molar-refractivity contribution < 1.29 is 9.90 Å². The van der Waals surface area contributed by atoms with E-state index < -0.39 is 5.97 Å². The second-order valence-corrected chi connectivity index (χ2v) is 3.61. The van der Waals surface area contributed by atoms with Crippen molar-refractivity contribution in [2.75, 3.05) is 11.9 Å². The van der Waals surface area contributed by atoms with E-state index >= 15 is 0 Å². The topological polar surface area (TPSA) is 49.3 Å². The van der Waals surface area contributed by atoms with Crippen molar-refractivity contribution in [3.8, 4) is 0 Å². The third-order valence-corrected chi connectivity index (χ3v) is 2.67. The molecule has 2 N–H and O–H groups in total. The van der Waals surface area contributed by atoms with Gasteiger partial charge in [0.05, 0.1) is 5.92 Å². The molecule has 3 heteroatoms. The molecule has 74 valence electrons. The number of aliphatic carboxylic acids is 1. The van der Waals surface area contributed by atoms with Crippen LogP contribution in [-0.4, -0.2) is 17.6 Å². The van der Waals surface area contributed by atoms with E-state index in [1.165, 1.54) is 5.56 Å². The maximum Gasteiger partial charge on any atom is 0.308 e. The number of para-hydroxylation sites is 1. The SMILES string of the molecule is O=C(O)C1CCc2ccccc2NC1. The van der Waals surface area contributed by atoms with Gasteiger partial charge in [-0.3, -0.25) is 4.79 Å². The van der Waals surface area contributed by atoms with Gasteiger partial charge in [0.15, 0.2) is 0 Å². The molecular weight excluding hydrogens is 178 g/mol. The van der Waals surface area contributed by atoms with E-state index in [1.54, 1.807) is 0 Å². The zero-order valence-electron chi connectivity index (χ0n) is 7.86. The summed E-state index contributed by atoms with van der Waals surface area (Å²) < 4.78 is 0. The van der Waals surface area contributed by atoms with Gasteiger partial charge in [0.25, 0.3) is 0 Å². The minimum atomic E-state index is -0.703. The minimum absolute atomic E-state index is 0.262. The van der Waals surface area contributed by atoms with Gasteiger partial charge in [-0.05, 0) is 24.5 Å². The molecule has 0 spiro atoms. The summed E-state index contributed by atoms with van der Waals surface area (Å²) in [6.45, 7) is 0.534. The number of carboxylic acids is 1. The molecule has 1 aliphatic heterocycles. The number of fused-ring (bicyclic) bond motifs is 1. The van der Waals surface area contributed by atoms with E-state index in [0.29, 0.717) is 6.54 Å². The van der Waals surface area contributed by atoms with Crippen molar-refractivity contribution in [2.24, 2.45) is 5.92 Å². The molecule has 2 rings (SSSR count). The Morgan fingerprint density at radius 2 is 2.21 bits per heavy atom. The van der Waals surface area contributed by atoms with Gasteiger partial charge < -0.3 is 10.4 Å². The molecule has 1 atom stereocenters. The van der Waals surface area contributed by atoms with Crippen molar-refractivity contribution in [2.45, 2.75) is 12.8 Å². The van der Waals surface area contributed by atoms with Gasteiger partial charge in [0, 0.05) is 12.2 Å². The van der Waals surface area contributed by atoms with Crippen molar-refractivity contribution >= 4 is 11.7 Å². The Kier molecular flexibility index (Phi) is 2.39. The molecule has 0 aliphatic carbocycles. The number of aryl methyl sites for hydroxylation is 1. The normalized spacial score (nSPS) is 20.4. The fraction of sp³-hybridized carbons (Fsp3) is 0.364. The smallest absolute Gasteiger partial charge is 0.308 e. The van der Waals surface area contributed by atoms with Gasteiger partial charge in [-0.25, -0.2) is 0 Å². The molecule has 1 aromatic rings. The average molecular weight is 191 g/mol. The van der Waals surface area contributed by atoms with Crippen molar-refractivity contribution in [3.63, 3.8) is 0 Å². The zero-order valence-corrected chi connectivity index (χ0v) is 7.86. The lowest BCUT2D eigenvalue weighted by Crippen LogP contribution is -2.21. The Morgan fingerprint density at radius 1 is 1.43 bits per heavy atom. The lowest BCUT2D eigenvalue weighted by molar-refractivity contribution is -0.141. The molecule has 1 aromatic carbocycles. The predicted octanol–water partition coefficient (Wildman–Crippen LogP) is 1.75. The minimum Gasteiger partial charge on any atom is -0.481 e. The second-order valence-electron chi connectivity index (χ2n) is 3.61. The van der Waals surface area contributed by atoms with E-state index in [0.717, 1.165) is 18.5 Å². The summed E-state index contributed by atoms with van der Waals surface area (Å²) in [6, 6.07) is 8.00. The Morgan fingerprint density at radius 3 is 3.00 bits per heavy atom. The maximum atomic E-state index is 10.8. The summed E-state index contributed by atoms with van der Waals surface area (Å²) in [5.41, 5.74) is 2.30. The quantitative estimate of drug-likeness (QED) is 0.711. The highest BCUT2D eigenvalue weighted by atomic mass is 16.4. The summed E-state index contributed by atoms with van der Waals surface area (Å²) in [5, 5.41) is 12.1. The molecule has 0 saturated heterocycles. The first-order valence-electron chi connectivity index (χ1n) is 4.82. The fourth-order valence-corrected chi connectivity index (χ4v) is 1.79. The predicted molar refractivity (Wildman–Crippen MR) is 54.4 cm³/mol. The standard InChI is InChI=1S/C11H13NO2/c13-11(14)9-6-5-8-3-1-2-4-10(8)12-7-9/h1-4,9,12H,5-7H2,(H,13,14). The lowest BCUT2D eigenvalue weighted by Gasteiger charge is -2.08. The van der Waals surface area contributed by atoms with Crippen LogP contribution >= 0.6 is 0 Å². The van der Waals surface area contributed by atoms with Gasteiger partial charge in [-0.1, -0.05) is 18.2 Å². The fourth-order valence-electron chi connectivity index (χ4n) is 1.79. The molecule has 1 unspecified atom stereocenters. The highest BCUT2D eigenvalue weighted by Gasteiger charge is 2.20. The van der Waals surface area contributed by atoms with Gasteiger partial charge in [-0.2, -0.15) is 0 Å². The molecule has 3 nitrogen and oxygen atoms in total. The molecule has 1 aliphatic rings. The number of nitrogens with one attached hydrogen (secondary N) is 1. The monoisotopic (exact) mass is 191 g/mol. The van der Waals surface area contributed by atoms with E-state index in [1.807, 2.05) is 24.3 Å². The van der Waals surface area contributed by atoms with Gasteiger partial charge >= 0.3 is 5.97 Å². The van der Waals surface area contributed by atoms with Crippen LogP contribution < -0.4 is 5.32 Å².